The molecular weight excluding hydrogens is 305 g/mol. The van der Waals surface area contributed by atoms with Crippen molar-refractivity contribution >= 4 is 12.4 Å². The lowest BCUT2D eigenvalue weighted by Crippen LogP contribution is -2.47. The van der Waals surface area contributed by atoms with E-state index in [-0.39, 0.29) is 35.1 Å². The van der Waals surface area contributed by atoms with E-state index < -0.39 is 0 Å². The fraction of sp³-hybridized carbons (Fsp3) is 0.500. The number of hydrogen-bond acceptors (Lipinski definition) is 4. The minimum Gasteiger partial charge on any atom is -0.339 e. The summed E-state index contributed by atoms with van der Waals surface area (Å²) in [5, 5.41) is 4.02. The van der Waals surface area contributed by atoms with Crippen molar-refractivity contribution in [1.82, 2.24) is 10.1 Å². The van der Waals surface area contributed by atoms with Crippen molar-refractivity contribution in [1.29, 1.82) is 0 Å². The van der Waals surface area contributed by atoms with Gasteiger partial charge in [0.2, 0.25) is 11.7 Å². The van der Waals surface area contributed by atoms with Crippen LogP contribution in [0.4, 0.5) is 4.39 Å². The maximum atomic E-state index is 13.0. The molecule has 1 heterocycles. The van der Waals surface area contributed by atoms with Crippen molar-refractivity contribution in [2.75, 3.05) is 0 Å². The van der Waals surface area contributed by atoms with E-state index in [1.165, 1.54) is 12.1 Å². The van der Waals surface area contributed by atoms with Crippen LogP contribution in [-0.2, 0) is 0 Å². The van der Waals surface area contributed by atoms with Gasteiger partial charge in [0.25, 0.3) is 0 Å². The minimum absolute atomic E-state index is 0. The first kappa shape index (κ1) is 16.9. The third-order valence-electron chi connectivity index (χ3n) is 5.14. The number of nitrogens with zero attached hydrogens (tertiary/aromatic N) is 2. The Morgan fingerprint density at radius 2 is 1.86 bits per heavy atom. The zero-order valence-corrected chi connectivity index (χ0v) is 13.8. The van der Waals surface area contributed by atoms with Gasteiger partial charge in [-0.3, -0.25) is 0 Å². The second-order valence-corrected chi connectivity index (χ2v) is 6.69. The van der Waals surface area contributed by atoms with Crippen LogP contribution in [0.5, 0.6) is 0 Å². The average Bonchev–Trinajstić information content (AvgIpc) is 2.95. The number of nitrogens with two attached hydrogens (primary N) is 1. The Balaban J connectivity index is 0.00000176. The summed E-state index contributed by atoms with van der Waals surface area (Å²) in [5.41, 5.74) is 6.77. The Bertz CT molecular complexity index is 652. The molecule has 1 aromatic heterocycles. The van der Waals surface area contributed by atoms with Crippen LogP contribution in [0.1, 0.15) is 45.4 Å². The van der Waals surface area contributed by atoms with Gasteiger partial charge in [0.1, 0.15) is 5.82 Å². The van der Waals surface area contributed by atoms with Gasteiger partial charge < -0.3 is 10.3 Å². The summed E-state index contributed by atoms with van der Waals surface area (Å²) in [6, 6.07) is 6.08. The predicted molar refractivity (Wildman–Crippen MR) is 85.3 cm³/mol. The van der Waals surface area contributed by atoms with E-state index in [9.17, 15) is 4.39 Å². The van der Waals surface area contributed by atoms with E-state index in [1.807, 2.05) is 0 Å². The Hall–Kier alpha value is -1.46. The van der Waals surface area contributed by atoms with Crippen LogP contribution in [0.25, 0.3) is 11.4 Å². The van der Waals surface area contributed by atoms with Crippen molar-refractivity contribution in [3.8, 4) is 11.4 Å². The first-order valence-electron chi connectivity index (χ1n) is 7.20. The fourth-order valence-corrected chi connectivity index (χ4v) is 3.05. The third kappa shape index (κ3) is 2.63. The smallest absolute Gasteiger partial charge is 0.230 e. The van der Waals surface area contributed by atoms with Crippen molar-refractivity contribution in [2.45, 2.75) is 45.1 Å². The highest BCUT2D eigenvalue weighted by Crippen LogP contribution is 2.53. The molecule has 0 radical (unpaired) electrons. The van der Waals surface area contributed by atoms with Crippen molar-refractivity contribution < 1.29 is 8.91 Å². The van der Waals surface area contributed by atoms with Gasteiger partial charge in [0, 0.05) is 17.0 Å². The highest BCUT2D eigenvalue weighted by molar-refractivity contribution is 5.85. The second-order valence-electron chi connectivity index (χ2n) is 6.69. The van der Waals surface area contributed by atoms with E-state index in [4.69, 9.17) is 10.3 Å². The summed E-state index contributed by atoms with van der Waals surface area (Å²) in [5.74, 6) is 0.979. The molecule has 6 heteroatoms. The molecule has 1 aliphatic rings. The number of rotatable bonds is 2. The first-order valence-corrected chi connectivity index (χ1v) is 7.20. The number of halogens is 2. The van der Waals surface area contributed by atoms with Gasteiger partial charge in [-0.15, -0.1) is 12.4 Å². The molecule has 0 amide bonds. The normalized spacial score (nSPS) is 26.7. The lowest BCUT2D eigenvalue weighted by atomic mass is 9.72. The highest BCUT2D eigenvalue weighted by Gasteiger charge is 2.51. The summed E-state index contributed by atoms with van der Waals surface area (Å²) in [6.07, 6.45) is 1.87. The molecular formula is C16H21ClFN3O. The quantitative estimate of drug-likeness (QED) is 0.909. The summed E-state index contributed by atoms with van der Waals surface area (Å²) in [4.78, 5) is 4.50. The Morgan fingerprint density at radius 1 is 1.23 bits per heavy atom. The molecule has 0 spiro atoms. The van der Waals surface area contributed by atoms with E-state index in [2.05, 4.69) is 30.9 Å². The van der Waals surface area contributed by atoms with Crippen molar-refractivity contribution in [3.63, 3.8) is 0 Å². The van der Waals surface area contributed by atoms with E-state index in [1.54, 1.807) is 12.1 Å². The summed E-state index contributed by atoms with van der Waals surface area (Å²) >= 11 is 0. The van der Waals surface area contributed by atoms with E-state index in [0.29, 0.717) is 11.7 Å². The largest absolute Gasteiger partial charge is 0.339 e. The number of aromatic nitrogens is 2. The SMILES string of the molecule is CC1(C)[C@@H](c2nc(-c3ccc(F)cc3)no2)CC[C@@]1(C)N.Cl. The van der Waals surface area contributed by atoms with Crippen LogP contribution in [0.2, 0.25) is 0 Å². The molecule has 1 aromatic carbocycles. The first-order chi connectivity index (χ1) is 9.81. The molecule has 4 nitrogen and oxygen atoms in total. The zero-order chi connectivity index (χ0) is 15.3. The van der Waals surface area contributed by atoms with Gasteiger partial charge in [-0.1, -0.05) is 19.0 Å². The standard InChI is InChI=1S/C16H20FN3O.ClH/c1-15(2)12(8-9-16(15,3)18)14-19-13(20-21-14)10-4-6-11(17)7-5-10;/h4-7,12H,8-9,18H2,1-3H3;1H/t12-,16-;/m1./s1. The molecule has 2 aromatic rings. The van der Waals surface area contributed by atoms with Gasteiger partial charge in [0.15, 0.2) is 0 Å². The predicted octanol–water partition coefficient (Wildman–Crippen LogP) is 3.92. The third-order valence-corrected chi connectivity index (χ3v) is 5.14. The summed E-state index contributed by atoms with van der Waals surface area (Å²) in [6.45, 7) is 6.36. The monoisotopic (exact) mass is 325 g/mol. The Morgan fingerprint density at radius 3 is 2.41 bits per heavy atom. The molecule has 3 rings (SSSR count). The number of hydrogen-bond donors (Lipinski definition) is 1. The molecule has 0 bridgehead atoms. The Labute approximate surface area is 135 Å². The molecule has 2 atom stereocenters. The average molecular weight is 326 g/mol. The van der Waals surface area contributed by atoms with Crippen molar-refractivity contribution in [3.05, 3.63) is 36.0 Å². The molecule has 1 saturated carbocycles. The molecule has 0 aliphatic heterocycles. The van der Waals surface area contributed by atoms with E-state index in [0.717, 1.165) is 18.4 Å². The van der Waals surface area contributed by atoms with Gasteiger partial charge >= 0.3 is 0 Å². The highest BCUT2D eigenvalue weighted by atomic mass is 35.5. The summed E-state index contributed by atoms with van der Waals surface area (Å²) < 4.78 is 18.4. The zero-order valence-electron chi connectivity index (χ0n) is 13.0. The van der Waals surface area contributed by atoms with Crippen molar-refractivity contribution in [2.24, 2.45) is 11.1 Å². The van der Waals surface area contributed by atoms with Crippen LogP contribution < -0.4 is 5.73 Å². The molecule has 1 aliphatic carbocycles. The molecule has 120 valence electrons. The van der Waals surface area contributed by atoms with Crippen LogP contribution in [-0.4, -0.2) is 15.7 Å². The molecule has 0 saturated heterocycles. The summed E-state index contributed by atoms with van der Waals surface area (Å²) in [7, 11) is 0. The van der Waals surface area contributed by atoms with Gasteiger partial charge in [-0.2, -0.15) is 4.98 Å². The maximum Gasteiger partial charge on any atom is 0.230 e. The fourth-order valence-electron chi connectivity index (χ4n) is 3.05. The Kier molecular flexibility index (Phi) is 4.33. The lowest BCUT2D eigenvalue weighted by molar-refractivity contribution is 0.181. The topological polar surface area (TPSA) is 64.9 Å². The van der Waals surface area contributed by atoms with Gasteiger partial charge in [0.05, 0.1) is 0 Å². The van der Waals surface area contributed by atoms with E-state index >= 15 is 0 Å². The van der Waals surface area contributed by atoms with Crippen LogP contribution in [0.15, 0.2) is 28.8 Å². The van der Waals surface area contributed by atoms with Crippen LogP contribution in [0, 0.1) is 11.2 Å². The molecule has 22 heavy (non-hydrogen) atoms. The molecule has 1 fully saturated rings. The number of benzene rings is 1. The molecule has 2 N–H and O–H groups in total. The van der Waals surface area contributed by atoms with Gasteiger partial charge in [-0.05, 0) is 49.4 Å². The second kappa shape index (κ2) is 5.63. The molecule has 0 unspecified atom stereocenters. The maximum absolute atomic E-state index is 13.0. The van der Waals surface area contributed by atoms with Crippen LogP contribution >= 0.6 is 12.4 Å². The van der Waals surface area contributed by atoms with Gasteiger partial charge in [-0.25, -0.2) is 4.39 Å². The lowest BCUT2D eigenvalue weighted by Gasteiger charge is -2.37. The van der Waals surface area contributed by atoms with Crippen LogP contribution in [0.3, 0.4) is 0 Å². The minimum atomic E-state index is -0.279.